The minimum absolute atomic E-state index is 0.0535. The fourth-order valence-corrected chi connectivity index (χ4v) is 3.44. The van der Waals surface area contributed by atoms with Gasteiger partial charge in [0.2, 0.25) is 5.91 Å². The molecule has 0 spiro atoms. The first-order valence-electron chi connectivity index (χ1n) is 7.80. The zero-order valence-corrected chi connectivity index (χ0v) is 12.5. The lowest BCUT2D eigenvalue weighted by atomic mass is 9.63. The van der Waals surface area contributed by atoms with Crippen molar-refractivity contribution in [3.8, 4) is 0 Å². The Hall–Kier alpha value is -1.88. The number of rotatable bonds is 4. The summed E-state index contributed by atoms with van der Waals surface area (Å²) in [5.41, 5.74) is 0.666. The third-order valence-electron chi connectivity index (χ3n) is 4.77. The Bertz CT molecular complexity index is 553. The molecule has 1 saturated carbocycles. The van der Waals surface area contributed by atoms with Crippen LogP contribution in [0.25, 0.3) is 0 Å². The highest BCUT2D eigenvalue weighted by Gasteiger charge is 2.48. The van der Waals surface area contributed by atoms with Crippen molar-refractivity contribution in [2.75, 3.05) is 19.7 Å². The van der Waals surface area contributed by atoms with Gasteiger partial charge in [-0.3, -0.25) is 9.59 Å². The molecule has 1 aromatic rings. The SMILES string of the molecule is O=C(O)CC1CN(C(=O)C2(c3ccccc3)CCC2)CCO1. The first-order chi connectivity index (χ1) is 10.6. The molecule has 118 valence electrons. The van der Waals surface area contributed by atoms with E-state index in [1.54, 1.807) is 4.90 Å². The standard InChI is InChI=1S/C17H21NO4/c19-15(20)11-14-12-18(9-10-22-14)16(21)17(7-4-8-17)13-5-2-1-3-6-13/h1-3,5-6,14H,4,7-12H2,(H,19,20). The van der Waals surface area contributed by atoms with Crippen molar-refractivity contribution in [2.45, 2.75) is 37.2 Å². The Labute approximate surface area is 129 Å². The molecule has 0 aromatic heterocycles. The summed E-state index contributed by atoms with van der Waals surface area (Å²) < 4.78 is 5.46. The van der Waals surface area contributed by atoms with Gasteiger partial charge in [0.15, 0.2) is 0 Å². The molecule has 1 amide bonds. The molecule has 0 bridgehead atoms. The summed E-state index contributed by atoms with van der Waals surface area (Å²) in [5.74, 6) is -0.760. The largest absolute Gasteiger partial charge is 0.481 e. The van der Waals surface area contributed by atoms with Crippen LogP contribution < -0.4 is 0 Å². The van der Waals surface area contributed by atoms with Gasteiger partial charge in [-0.05, 0) is 18.4 Å². The van der Waals surface area contributed by atoms with Gasteiger partial charge in [-0.25, -0.2) is 0 Å². The maximum Gasteiger partial charge on any atom is 0.306 e. The fourth-order valence-electron chi connectivity index (χ4n) is 3.44. The molecule has 2 aliphatic rings. The zero-order valence-electron chi connectivity index (χ0n) is 12.5. The summed E-state index contributed by atoms with van der Waals surface area (Å²) >= 11 is 0. The molecule has 1 saturated heterocycles. The number of carbonyl (C=O) groups excluding carboxylic acids is 1. The number of carboxylic acids is 1. The third kappa shape index (κ3) is 2.73. The van der Waals surface area contributed by atoms with Crippen LogP contribution in [0.2, 0.25) is 0 Å². The number of ether oxygens (including phenoxy) is 1. The minimum Gasteiger partial charge on any atom is -0.481 e. The van der Waals surface area contributed by atoms with Crippen molar-refractivity contribution in [3.05, 3.63) is 35.9 Å². The van der Waals surface area contributed by atoms with Crippen LogP contribution >= 0.6 is 0 Å². The van der Waals surface area contributed by atoms with Gasteiger partial charge in [0.05, 0.1) is 24.5 Å². The van der Waals surface area contributed by atoms with Gasteiger partial charge in [-0.15, -0.1) is 0 Å². The van der Waals surface area contributed by atoms with Crippen molar-refractivity contribution in [3.63, 3.8) is 0 Å². The van der Waals surface area contributed by atoms with Gasteiger partial charge in [-0.2, -0.15) is 0 Å². The van der Waals surface area contributed by atoms with Gasteiger partial charge < -0.3 is 14.7 Å². The second kappa shape index (κ2) is 6.08. The number of morpholine rings is 1. The van der Waals surface area contributed by atoms with E-state index in [4.69, 9.17) is 9.84 Å². The minimum atomic E-state index is -0.888. The normalized spacial score (nSPS) is 23.6. The van der Waals surface area contributed by atoms with Gasteiger partial charge in [-0.1, -0.05) is 36.8 Å². The molecule has 1 N–H and O–H groups in total. The second-order valence-corrected chi connectivity index (χ2v) is 6.14. The van der Waals surface area contributed by atoms with Crippen LogP contribution in [0, 0.1) is 0 Å². The van der Waals surface area contributed by atoms with Crippen LogP contribution in [0.15, 0.2) is 30.3 Å². The Morgan fingerprint density at radius 3 is 2.59 bits per heavy atom. The molecule has 1 unspecified atom stereocenters. The molecule has 1 aliphatic heterocycles. The number of carbonyl (C=O) groups is 2. The average molecular weight is 303 g/mol. The van der Waals surface area contributed by atoms with Gasteiger partial charge in [0, 0.05) is 13.1 Å². The third-order valence-corrected chi connectivity index (χ3v) is 4.77. The summed E-state index contributed by atoms with van der Waals surface area (Å²) in [5, 5.41) is 8.90. The Morgan fingerprint density at radius 1 is 1.27 bits per heavy atom. The van der Waals surface area contributed by atoms with Crippen molar-refractivity contribution in [1.29, 1.82) is 0 Å². The molecule has 1 atom stereocenters. The van der Waals surface area contributed by atoms with Crippen molar-refractivity contribution >= 4 is 11.9 Å². The summed E-state index contributed by atoms with van der Waals surface area (Å²) in [6.07, 6.45) is 2.35. The monoisotopic (exact) mass is 303 g/mol. The van der Waals surface area contributed by atoms with E-state index in [-0.39, 0.29) is 12.3 Å². The van der Waals surface area contributed by atoms with E-state index in [9.17, 15) is 9.59 Å². The number of hydrogen-bond donors (Lipinski definition) is 1. The number of hydrogen-bond acceptors (Lipinski definition) is 3. The molecular weight excluding hydrogens is 282 g/mol. The smallest absolute Gasteiger partial charge is 0.306 e. The number of amides is 1. The van der Waals surface area contributed by atoms with E-state index >= 15 is 0 Å². The molecule has 1 aromatic carbocycles. The molecule has 1 aliphatic carbocycles. The predicted octanol–water partition coefficient (Wildman–Crippen LogP) is 1.81. The van der Waals surface area contributed by atoms with E-state index in [2.05, 4.69) is 0 Å². The maximum atomic E-state index is 13.1. The predicted molar refractivity (Wildman–Crippen MR) is 80.5 cm³/mol. The van der Waals surface area contributed by atoms with Crippen molar-refractivity contribution in [1.82, 2.24) is 4.90 Å². The van der Waals surface area contributed by atoms with Crippen molar-refractivity contribution in [2.24, 2.45) is 0 Å². The number of aliphatic carboxylic acids is 1. The van der Waals surface area contributed by atoms with Crippen LogP contribution in [-0.2, 0) is 19.7 Å². The van der Waals surface area contributed by atoms with E-state index in [1.807, 2.05) is 30.3 Å². The molecule has 5 heteroatoms. The highest BCUT2D eigenvalue weighted by atomic mass is 16.5. The van der Waals surface area contributed by atoms with E-state index in [0.29, 0.717) is 19.7 Å². The van der Waals surface area contributed by atoms with Crippen LogP contribution in [0.3, 0.4) is 0 Å². The fraction of sp³-hybridized carbons (Fsp3) is 0.529. The van der Waals surface area contributed by atoms with Crippen LogP contribution in [0.1, 0.15) is 31.2 Å². The molecule has 1 heterocycles. The molecule has 3 rings (SSSR count). The molecule has 2 fully saturated rings. The Morgan fingerprint density at radius 2 is 2.00 bits per heavy atom. The zero-order chi connectivity index (χ0) is 15.6. The molecule has 0 radical (unpaired) electrons. The summed E-state index contributed by atoms with van der Waals surface area (Å²) in [6.45, 7) is 1.33. The van der Waals surface area contributed by atoms with Crippen LogP contribution in [0.4, 0.5) is 0 Å². The first-order valence-corrected chi connectivity index (χ1v) is 7.80. The topological polar surface area (TPSA) is 66.8 Å². The highest BCUT2D eigenvalue weighted by Crippen LogP contribution is 2.45. The number of nitrogens with zero attached hydrogens (tertiary/aromatic N) is 1. The molecule has 5 nitrogen and oxygen atoms in total. The summed E-state index contributed by atoms with van der Waals surface area (Å²) in [4.78, 5) is 25.7. The van der Waals surface area contributed by atoms with Gasteiger partial charge >= 0.3 is 5.97 Å². The van der Waals surface area contributed by atoms with Crippen molar-refractivity contribution < 1.29 is 19.4 Å². The lowest BCUT2D eigenvalue weighted by molar-refractivity contribution is -0.153. The number of carboxylic acid groups (broad SMARTS) is 1. The van der Waals surface area contributed by atoms with Gasteiger partial charge in [0.1, 0.15) is 0 Å². The second-order valence-electron chi connectivity index (χ2n) is 6.14. The Balaban J connectivity index is 1.76. The van der Waals surface area contributed by atoms with E-state index in [0.717, 1.165) is 24.8 Å². The number of benzene rings is 1. The first kappa shape index (κ1) is 15.0. The van der Waals surface area contributed by atoms with Gasteiger partial charge in [0.25, 0.3) is 0 Å². The van der Waals surface area contributed by atoms with E-state index < -0.39 is 17.5 Å². The molecule has 22 heavy (non-hydrogen) atoms. The Kier molecular flexibility index (Phi) is 4.16. The molecular formula is C17H21NO4. The lowest BCUT2D eigenvalue weighted by Crippen LogP contribution is -2.55. The quantitative estimate of drug-likeness (QED) is 0.921. The van der Waals surface area contributed by atoms with E-state index in [1.165, 1.54) is 0 Å². The maximum absolute atomic E-state index is 13.1. The highest BCUT2D eigenvalue weighted by molar-refractivity contribution is 5.89. The lowest BCUT2D eigenvalue weighted by Gasteiger charge is -2.45. The average Bonchev–Trinajstić information content (AvgIpc) is 2.47. The summed E-state index contributed by atoms with van der Waals surface area (Å²) in [6, 6.07) is 9.93. The summed E-state index contributed by atoms with van der Waals surface area (Å²) in [7, 11) is 0. The van der Waals surface area contributed by atoms with Crippen LogP contribution in [-0.4, -0.2) is 47.7 Å². The van der Waals surface area contributed by atoms with Crippen LogP contribution in [0.5, 0.6) is 0 Å².